The van der Waals surface area contributed by atoms with Crippen LogP contribution in [-0.4, -0.2) is 34.4 Å². The number of nitrogens with zero attached hydrogens (tertiary/aromatic N) is 3. The van der Waals surface area contributed by atoms with Gasteiger partial charge in [0.15, 0.2) is 5.13 Å². The lowest BCUT2D eigenvalue weighted by Crippen LogP contribution is -2.30. The summed E-state index contributed by atoms with van der Waals surface area (Å²) in [5.74, 6) is 0.464. The third-order valence-corrected chi connectivity index (χ3v) is 5.79. The fraction of sp³-hybridized carbons (Fsp3) is 0.238. The van der Waals surface area contributed by atoms with Crippen LogP contribution in [0.15, 0.2) is 47.8 Å². The molecule has 30 heavy (non-hydrogen) atoms. The van der Waals surface area contributed by atoms with Crippen molar-refractivity contribution < 1.29 is 14.5 Å². The largest absolute Gasteiger partial charge is 0.497 e. The molecule has 0 radical (unpaired) electrons. The van der Waals surface area contributed by atoms with Gasteiger partial charge in [0.1, 0.15) is 5.75 Å². The number of hydrogen-bond donors (Lipinski definition) is 1. The molecule has 0 spiro atoms. The topological polar surface area (TPSA) is 97.6 Å². The number of nitro benzene ring substituents is 1. The highest BCUT2D eigenvalue weighted by Gasteiger charge is 2.19. The summed E-state index contributed by atoms with van der Waals surface area (Å²) in [6.45, 7) is 2.45. The van der Waals surface area contributed by atoms with Crippen LogP contribution in [-0.2, 0) is 19.5 Å². The van der Waals surface area contributed by atoms with Crippen molar-refractivity contribution in [1.82, 2.24) is 9.88 Å². The molecule has 154 valence electrons. The Morgan fingerprint density at radius 1 is 1.30 bits per heavy atom. The maximum absolute atomic E-state index is 12.4. The molecule has 9 heteroatoms. The number of methoxy groups -OCH3 is 1. The number of thiazole rings is 1. The van der Waals surface area contributed by atoms with Crippen molar-refractivity contribution in [2.45, 2.75) is 19.5 Å². The van der Waals surface area contributed by atoms with Crippen LogP contribution in [0, 0.1) is 10.1 Å². The number of amides is 1. The summed E-state index contributed by atoms with van der Waals surface area (Å²) in [6, 6.07) is 11.8. The molecule has 0 aliphatic carbocycles. The van der Waals surface area contributed by atoms with Crippen molar-refractivity contribution >= 4 is 28.1 Å². The van der Waals surface area contributed by atoms with Crippen LogP contribution in [0.5, 0.6) is 5.75 Å². The molecule has 1 aromatic heterocycles. The maximum atomic E-state index is 12.4. The number of ether oxygens (including phenoxy) is 1. The van der Waals surface area contributed by atoms with E-state index in [2.05, 4.69) is 27.3 Å². The van der Waals surface area contributed by atoms with Crippen LogP contribution in [0.3, 0.4) is 0 Å². The molecular weight excluding hydrogens is 404 g/mol. The van der Waals surface area contributed by atoms with Crippen molar-refractivity contribution in [2.75, 3.05) is 19.0 Å². The maximum Gasteiger partial charge on any atom is 0.270 e. The third-order valence-electron chi connectivity index (χ3n) is 4.98. The van der Waals surface area contributed by atoms with Crippen LogP contribution >= 0.6 is 11.3 Å². The van der Waals surface area contributed by atoms with Gasteiger partial charge in [-0.2, -0.15) is 0 Å². The second kappa shape index (κ2) is 8.60. The van der Waals surface area contributed by atoms with E-state index in [4.69, 9.17) is 4.74 Å². The van der Waals surface area contributed by atoms with Gasteiger partial charge in [-0.1, -0.05) is 12.1 Å². The second-order valence-electron chi connectivity index (χ2n) is 7.00. The van der Waals surface area contributed by atoms with Gasteiger partial charge in [0, 0.05) is 42.7 Å². The predicted molar refractivity (Wildman–Crippen MR) is 114 cm³/mol. The Hall–Kier alpha value is -3.30. The molecule has 0 fully saturated rings. The van der Waals surface area contributed by atoms with Gasteiger partial charge in [-0.3, -0.25) is 25.1 Å². The number of aromatic nitrogens is 1. The van der Waals surface area contributed by atoms with Crippen LogP contribution in [0.25, 0.3) is 0 Å². The highest BCUT2D eigenvalue weighted by molar-refractivity contribution is 7.14. The number of anilines is 1. The van der Waals surface area contributed by atoms with E-state index in [0.717, 1.165) is 31.0 Å². The number of fused-ring (bicyclic) bond motifs is 1. The Morgan fingerprint density at radius 3 is 2.97 bits per heavy atom. The normalized spacial score (nSPS) is 13.5. The molecule has 1 N–H and O–H groups in total. The molecule has 0 atom stereocenters. The molecule has 0 saturated heterocycles. The summed E-state index contributed by atoms with van der Waals surface area (Å²) in [4.78, 5) is 29.6. The zero-order valence-corrected chi connectivity index (χ0v) is 17.1. The van der Waals surface area contributed by atoms with E-state index < -0.39 is 10.8 Å². The molecular formula is C21H20N4O4S. The standard InChI is InChI=1S/C21H20N4O4S/c1-29-19-6-5-16-11-24(8-7-14(16)10-19)12-17-13-30-21(22-17)23-20(26)15-3-2-4-18(9-15)25(27)28/h2-6,9-10,13H,7-8,11-12H2,1H3,(H,22,23,26). The van der Waals surface area contributed by atoms with Crippen molar-refractivity contribution in [3.63, 3.8) is 0 Å². The number of rotatable bonds is 6. The Bertz CT molecular complexity index is 1100. The van der Waals surface area contributed by atoms with Crippen molar-refractivity contribution in [3.8, 4) is 5.75 Å². The van der Waals surface area contributed by atoms with E-state index in [0.29, 0.717) is 11.7 Å². The first-order valence-corrected chi connectivity index (χ1v) is 10.3. The van der Waals surface area contributed by atoms with Gasteiger partial charge in [-0.25, -0.2) is 4.98 Å². The molecule has 1 aliphatic heterocycles. The number of non-ortho nitro benzene ring substituents is 1. The summed E-state index contributed by atoms with van der Waals surface area (Å²) in [6.07, 6.45) is 0.951. The molecule has 4 rings (SSSR count). The molecule has 1 amide bonds. The lowest BCUT2D eigenvalue weighted by Gasteiger charge is -2.28. The van der Waals surface area contributed by atoms with E-state index in [9.17, 15) is 14.9 Å². The van der Waals surface area contributed by atoms with E-state index in [1.165, 1.54) is 46.7 Å². The number of carbonyl (C=O) groups excluding carboxylic acids is 1. The van der Waals surface area contributed by atoms with Crippen molar-refractivity contribution in [3.05, 3.63) is 80.3 Å². The fourth-order valence-electron chi connectivity index (χ4n) is 3.45. The van der Waals surface area contributed by atoms with E-state index in [1.807, 2.05) is 11.4 Å². The molecule has 8 nitrogen and oxygen atoms in total. The van der Waals surface area contributed by atoms with E-state index >= 15 is 0 Å². The van der Waals surface area contributed by atoms with Crippen LogP contribution in [0.4, 0.5) is 10.8 Å². The Labute approximate surface area is 177 Å². The molecule has 3 aromatic rings. The summed E-state index contributed by atoms with van der Waals surface area (Å²) < 4.78 is 5.30. The first-order valence-electron chi connectivity index (χ1n) is 9.40. The Balaban J connectivity index is 1.38. The minimum absolute atomic E-state index is 0.120. The van der Waals surface area contributed by atoms with Gasteiger partial charge >= 0.3 is 0 Å². The fourth-order valence-corrected chi connectivity index (χ4v) is 4.14. The number of hydrogen-bond acceptors (Lipinski definition) is 7. The van der Waals surface area contributed by atoms with Gasteiger partial charge in [0.05, 0.1) is 17.7 Å². The average Bonchev–Trinajstić information content (AvgIpc) is 3.20. The first-order chi connectivity index (χ1) is 14.5. The number of nitrogens with one attached hydrogen (secondary N) is 1. The summed E-state index contributed by atoms with van der Waals surface area (Å²) in [7, 11) is 1.68. The quantitative estimate of drug-likeness (QED) is 0.477. The van der Waals surface area contributed by atoms with Crippen molar-refractivity contribution in [2.24, 2.45) is 0 Å². The highest BCUT2D eigenvalue weighted by atomic mass is 32.1. The van der Waals surface area contributed by atoms with Gasteiger partial charge in [-0.15, -0.1) is 11.3 Å². The van der Waals surface area contributed by atoms with Gasteiger partial charge in [0.25, 0.3) is 11.6 Å². The third kappa shape index (κ3) is 4.47. The Kier molecular flexibility index (Phi) is 5.73. The summed E-state index contributed by atoms with van der Waals surface area (Å²) in [5.41, 5.74) is 3.59. The minimum atomic E-state index is -0.523. The minimum Gasteiger partial charge on any atom is -0.497 e. The second-order valence-corrected chi connectivity index (χ2v) is 7.86. The predicted octanol–water partition coefficient (Wildman–Crippen LogP) is 3.87. The molecule has 2 heterocycles. The lowest BCUT2D eigenvalue weighted by molar-refractivity contribution is -0.384. The summed E-state index contributed by atoms with van der Waals surface area (Å²) >= 11 is 1.34. The monoisotopic (exact) mass is 424 g/mol. The Morgan fingerprint density at radius 2 is 2.17 bits per heavy atom. The lowest BCUT2D eigenvalue weighted by atomic mass is 9.99. The molecule has 0 unspecified atom stereocenters. The molecule has 2 aromatic carbocycles. The number of benzene rings is 2. The van der Waals surface area contributed by atoms with E-state index in [1.54, 1.807) is 7.11 Å². The first kappa shape index (κ1) is 20.0. The number of nitro groups is 1. The van der Waals surface area contributed by atoms with Gasteiger partial charge < -0.3 is 4.74 Å². The molecule has 0 saturated carbocycles. The molecule has 1 aliphatic rings. The van der Waals surface area contributed by atoms with Crippen LogP contribution in [0.2, 0.25) is 0 Å². The SMILES string of the molecule is COc1ccc2c(c1)CCN(Cc1csc(NC(=O)c3cccc([N+](=O)[O-])c3)n1)C2. The van der Waals surface area contributed by atoms with Gasteiger partial charge in [0.2, 0.25) is 0 Å². The number of carbonyl (C=O) groups is 1. The van der Waals surface area contributed by atoms with E-state index in [-0.39, 0.29) is 11.3 Å². The zero-order chi connectivity index (χ0) is 21.1. The molecule has 0 bridgehead atoms. The summed E-state index contributed by atoms with van der Waals surface area (Å²) in [5, 5.41) is 16.0. The highest BCUT2D eigenvalue weighted by Crippen LogP contribution is 2.26. The zero-order valence-electron chi connectivity index (χ0n) is 16.3. The van der Waals surface area contributed by atoms with Crippen molar-refractivity contribution in [1.29, 1.82) is 0 Å². The average molecular weight is 424 g/mol. The smallest absolute Gasteiger partial charge is 0.270 e. The van der Waals surface area contributed by atoms with Gasteiger partial charge in [-0.05, 0) is 35.7 Å². The van der Waals surface area contributed by atoms with Crippen LogP contribution < -0.4 is 10.1 Å². The van der Waals surface area contributed by atoms with Crippen LogP contribution in [0.1, 0.15) is 27.2 Å².